The maximum Gasteiger partial charge on any atom is 0.161 e. The number of pyridine rings is 1. The van der Waals surface area contributed by atoms with Crippen LogP contribution in [0.4, 0.5) is 0 Å². The molecule has 2 bridgehead atoms. The van der Waals surface area contributed by atoms with Crippen LogP contribution in [0, 0.1) is 5.92 Å². The van der Waals surface area contributed by atoms with E-state index in [0.29, 0.717) is 19.3 Å². The summed E-state index contributed by atoms with van der Waals surface area (Å²) in [4.78, 5) is 9.82. The first kappa shape index (κ1) is 17.0. The lowest BCUT2D eigenvalue weighted by Gasteiger charge is -2.35. The van der Waals surface area contributed by atoms with Crippen molar-refractivity contribution in [2.24, 2.45) is 5.92 Å². The predicted octanol–water partition coefficient (Wildman–Crippen LogP) is 2.95. The zero-order valence-corrected chi connectivity index (χ0v) is 15.7. The Morgan fingerprint density at radius 3 is 2.74 bits per heavy atom. The number of rotatable bonds is 4. The minimum absolute atomic E-state index is 0.628. The van der Waals surface area contributed by atoms with Crippen molar-refractivity contribution in [3.63, 3.8) is 0 Å². The number of aromatic nitrogens is 1. The van der Waals surface area contributed by atoms with Crippen LogP contribution in [0.5, 0.6) is 11.5 Å². The molecule has 2 aromatic rings. The molecule has 0 amide bonds. The number of benzene rings is 1. The summed E-state index contributed by atoms with van der Waals surface area (Å²) in [6.45, 7) is 6.77. The van der Waals surface area contributed by atoms with Crippen LogP contribution >= 0.6 is 0 Å². The van der Waals surface area contributed by atoms with Gasteiger partial charge in [-0.05, 0) is 48.6 Å². The van der Waals surface area contributed by atoms with Crippen LogP contribution in [0.15, 0.2) is 42.6 Å². The molecule has 3 fully saturated rings. The van der Waals surface area contributed by atoms with Crippen molar-refractivity contribution in [2.75, 3.05) is 32.8 Å². The maximum absolute atomic E-state index is 5.76. The molecule has 1 aromatic heterocycles. The zero-order valence-electron chi connectivity index (χ0n) is 15.7. The number of piperidine rings is 1. The second-order valence-corrected chi connectivity index (χ2v) is 8.02. The fraction of sp³-hybridized carbons (Fsp3) is 0.500. The molecule has 0 saturated carbocycles. The predicted molar refractivity (Wildman–Crippen MR) is 104 cm³/mol. The Bertz CT molecular complexity index is 782. The average Bonchev–Trinajstić information content (AvgIpc) is 2.99. The van der Waals surface area contributed by atoms with Crippen molar-refractivity contribution in [3.8, 4) is 11.5 Å². The average molecular weight is 365 g/mol. The molecule has 4 aliphatic heterocycles. The highest BCUT2D eigenvalue weighted by Crippen LogP contribution is 2.33. The van der Waals surface area contributed by atoms with E-state index in [2.05, 4.69) is 45.1 Å². The lowest BCUT2D eigenvalue weighted by molar-refractivity contribution is 0.121. The van der Waals surface area contributed by atoms with Gasteiger partial charge in [-0.3, -0.25) is 14.8 Å². The molecule has 1 aromatic carbocycles. The summed E-state index contributed by atoms with van der Waals surface area (Å²) >= 11 is 0. The van der Waals surface area contributed by atoms with Gasteiger partial charge in [0.05, 0.1) is 5.69 Å². The van der Waals surface area contributed by atoms with Gasteiger partial charge in [0.25, 0.3) is 0 Å². The van der Waals surface area contributed by atoms with E-state index in [1.807, 2.05) is 12.3 Å². The fourth-order valence-corrected chi connectivity index (χ4v) is 4.74. The number of hydrogen-bond acceptors (Lipinski definition) is 5. The quantitative estimate of drug-likeness (QED) is 0.833. The SMILES string of the molecule is c1ccc(CN2C[C@@H]3CC[C@H]2CN(Cc2ccc4c(c2)OCCO4)C3)nc1. The van der Waals surface area contributed by atoms with Gasteiger partial charge in [0, 0.05) is 45.0 Å². The molecule has 0 spiro atoms. The van der Waals surface area contributed by atoms with E-state index in [1.165, 1.54) is 37.2 Å². The van der Waals surface area contributed by atoms with Crippen molar-refractivity contribution >= 4 is 0 Å². The molecule has 142 valence electrons. The number of nitrogens with zero attached hydrogens (tertiary/aromatic N) is 3. The van der Waals surface area contributed by atoms with Gasteiger partial charge in [-0.2, -0.15) is 0 Å². The summed E-state index contributed by atoms with van der Waals surface area (Å²) in [7, 11) is 0. The Kier molecular flexibility index (Phi) is 4.72. The summed E-state index contributed by atoms with van der Waals surface area (Å²) in [6, 6.07) is 13.3. The lowest BCUT2D eigenvalue weighted by atomic mass is 9.95. The van der Waals surface area contributed by atoms with E-state index in [9.17, 15) is 0 Å². The van der Waals surface area contributed by atoms with Crippen molar-refractivity contribution in [1.29, 1.82) is 0 Å². The van der Waals surface area contributed by atoms with Crippen LogP contribution in [0.25, 0.3) is 0 Å². The van der Waals surface area contributed by atoms with Gasteiger partial charge in [-0.25, -0.2) is 0 Å². The number of ether oxygens (including phenoxy) is 2. The van der Waals surface area contributed by atoms with Crippen LogP contribution in [0.1, 0.15) is 24.1 Å². The highest BCUT2D eigenvalue weighted by atomic mass is 16.6. The van der Waals surface area contributed by atoms with Gasteiger partial charge < -0.3 is 9.47 Å². The first-order valence-electron chi connectivity index (χ1n) is 10.1. The van der Waals surface area contributed by atoms with Crippen molar-refractivity contribution in [3.05, 3.63) is 53.9 Å². The minimum Gasteiger partial charge on any atom is -0.486 e. The molecule has 5 nitrogen and oxygen atoms in total. The molecule has 4 aliphatic rings. The van der Waals surface area contributed by atoms with E-state index in [1.54, 1.807) is 0 Å². The Balaban J connectivity index is 1.27. The summed E-state index contributed by atoms with van der Waals surface area (Å²) < 4.78 is 11.4. The minimum atomic E-state index is 0.628. The Morgan fingerprint density at radius 2 is 1.85 bits per heavy atom. The van der Waals surface area contributed by atoms with Crippen LogP contribution in [0.2, 0.25) is 0 Å². The first-order chi connectivity index (χ1) is 13.3. The van der Waals surface area contributed by atoms with Crippen molar-refractivity contribution < 1.29 is 9.47 Å². The largest absolute Gasteiger partial charge is 0.486 e. The molecule has 3 saturated heterocycles. The molecule has 5 heterocycles. The van der Waals surface area contributed by atoms with Crippen molar-refractivity contribution in [1.82, 2.24) is 14.8 Å². The highest BCUT2D eigenvalue weighted by Gasteiger charge is 2.34. The molecule has 0 unspecified atom stereocenters. The third kappa shape index (κ3) is 3.80. The Hall–Kier alpha value is -2.11. The third-order valence-electron chi connectivity index (χ3n) is 6.01. The van der Waals surface area contributed by atoms with Gasteiger partial charge in [0.1, 0.15) is 13.2 Å². The molecule has 2 atom stereocenters. The second kappa shape index (κ2) is 7.49. The van der Waals surface area contributed by atoms with Gasteiger partial charge in [-0.15, -0.1) is 0 Å². The van der Waals surface area contributed by atoms with E-state index in [-0.39, 0.29) is 0 Å². The van der Waals surface area contributed by atoms with Crippen LogP contribution < -0.4 is 9.47 Å². The van der Waals surface area contributed by atoms with E-state index in [0.717, 1.165) is 37.1 Å². The molecule has 5 heteroatoms. The molecule has 0 radical (unpaired) electrons. The molecule has 0 N–H and O–H groups in total. The second-order valence-electron chi connectivity index (χ2n) is 8.02. The van der Waals surface area contributed by atoms with Crippen LogP contribution in [-0.4, -0.2) is 53.7 Å². The van der Waals surface area contributed by atoms with Crippen molar-refractivity contribution in [2.45, 2.75) is 32.0 Å². The normalized spacial score (nSPS) is 25.3. The fourth-order valence-electron chi connectivity index (χ4n) is 4.74. The van der Waals surface area contributed by atoms with Gasteiger partial charge in [0.15, 0.2) is 11.5 Å². The van der Waals surface area contributed by atoms with Gasteiger partial charge in [0.2, 0.25) is 0 Å². The van der Waals surface area contributed by atoms with E-state index in [4.69, 9.17) is 9.47 Å². The topological polar surface area (TPSA) is 37.8 Å². The maximum atomic E-state index is 5.76. The molecule has 0 aliphatic carbocycles. The first-order valence-corrected chi connectivity index (χ1v) is 10.1. The van der Waals surface area contributed by atoms with Crippen LogP contribution in [-0.2, 0) is 13.1 Å². The molecular formula is C22H27N3O2. The highest BCUT2D eigenvalue weighted by molar-refractivity contribution is 5.43. The molecule has 6 rings (SSSR count). The molecular weight excluding hydrogens is 338 g/mol. The summed E-state index contributed by atoms with van der Waals surface area (Å²) in [5.74, 6) is 2.53. The standard InChI is InChI=1S/C22H27N3O2/c1-2-8-23-19(3-1)15-25-14-18-4-6-20(25)16-24(13-18)12-17-5-7-21-22(11-17)27-10-9-26-21/h1-3,5,7-8,11,18,20H,4,6,9-10,12-16H2/t18-,20+/m1/s1. The number of fused-ring (bicyclic) bond motifs is 5. The van der Waals surface area contributed by atoms with E-state index < -0.39 is 0 Å². The van der Waals surface area contributed by atoms with Crippen LogP contribution in [0.3, 0.4) is 0 Å². The smallest absolute Gasteiger partial charge is 0.161 e. The van der Waals surface area contributed by atoms with Gasteiger partial charge in [-0.1, -0.05) is 12.1 Å². The van der Waals surface area contributed by atoms with Gasteiger partial charge >= 0.3 is 0 Å². The lowest BCUT2D eigenvalue weighted by Crippen LogP contribution is -2.43. The Labute approximate surface area is 160 Å². The number of hydrogen-bond donors (Lipinski definition) is 0. The zero-order chi connectivity index (χ0) is 18.1. The summed E-state index contributed by atoms with van der Waals surface area (Å²) in [6.07, 6.45) is 4.55. The molecule has 27 heavy (non-hydrogen) atoms. The summed E-state index contributed by atoms with van der Waals surface area (Å²) in [5, 5.41) is 0. The van der Waals surface area contributed by atoms with E-state index >= 15 is 0 Å². The third-order valence-corrected chi connectivity index (χ3v) is 6.01. The monoisotopic (exact) mass is 365 g/mol. The summed E-state index contributed by atoms with van der Waals surface area (Å²) in [5.41, 5.74) is 2.50. The Morgan fingerprint density at radius 1 is 0.926 bits per heavy atom.